The molecule has 20 heavy (non-hydrogen) atoms. The highest BCUT2D eigenvalue weighted by Gasteiger charge is 2.16. The molecule has 0 saturated heterocycles. The second-order valence-corrected chi connectivity index (χ2v) is 5.63. The summed E-state index contributed by atoms with van der Waals surface area (Å²) in [5.74, 6) is 0.838. The van der Waals surface area contributed by atoms with E-state index >= 15 is 0 Å². The predicted molar refractivity (Wildman–Crippen MR) is 85.4 cm³/mol. The number of ether oxygens (including phenoxy) is 1. The molecule has 0 fully saturated rings. The average Bonchev–Trinajstić information content (AvgIpc) is 2.47. The second-order valence-electron chi connectivity index (χ2n) is 4.37. The van der Waals surface area contributed by atoms with E-state index in [0.717, 1.165) is 27.9 Å². The fourth-order valence-corrected chi connectivity index (χ4v) is 2.71. The third kappa shape index (κ3) is 3.51. The fraction of sp³-hybridized carbons (Fsp3) is 0.267. The zero-order valence-corrected chi connectivity index (χ0v) is 13.7. The van der Waals surface area contributed by atoms with Gasteiger partial charge in [-0.1, -0.05) is 27.5 Å². The molecule has 3 nitrogen and oxygen atoms in total. The van der Waals surface area contributed by atoms with Gasteiger partial charge in [-0.05, 0) is 49.4 Å². The largest absolute Gasteiger partial charge is 0.497 e. The van der Waals surface area contributed by atoms with Crippen molar-refractivity contribution in [2.45, 2.75) is 12.5 Å². The van der Waals surface area contributed by atoms with Gasteiger partial charge in [0.05, 0.1) is 23.9 Å². The Balaban J connectivity index is 2.29. The summed E-state index contributed by atoms with van der Waals surface area (Å²) >= 11 is 9.80. The lowest BCUT2D eigenvalue weighted by Gasteiger charge is -2.18. The van der Waals surface area contributed by atoms with Gasteiger partial charge >= 0.3 is 0 Å². The Hall–Kier alpha value is -1.10. The highest BCUT2D eigenvalue weighted by molar-refractivity contribution is 9.10. The molecule has 106 valence electrons. The molecule has 0 bridgehead atoms. The highest BCUT2D eigenvalue weighted by Crippen LogP contribution is 2.29. The van der Waals surface area contributed by atoms with Gasteiger partial charge in [0.1, 0.15) is 5.75 Å². The van der Waals surface area contributed by atoms with Crippen LogP contribution >= 0.6 is 27.5 Å². The van der Waals surface area contributed by atoms with Gasteiger partial charge < -0.3 is 10.1 Å². The van der Waals surface area contributed by atoms with Crippen LogP contribution in [0, 0.1) is 0 Å². The minimum atomic E-state index is 0.0482. The SMILES string of the molecule is CNC(Cc1cc(OC)ccc1Br)c1ncccc1Cl. The van der Waals surface area contributed by atoms with Gasteiger partial charge in [-0.15, -0.1) is 0 Å². The number of aromatic nitrogens is 1. The van der Waals surface area contributed by atoms with E-state index in [1.165, 1.54) is 0 Å². The molecule has 1 atom stereocenters. The molecular formula is C15H16BrClN2O. The molecule has 1 aromatic carbocycles. The minimum absolute atomic E-state index is 0.0482. The number of hydrogen-bond donors (Lipinski definition) is 1. The molecule has 1 heterocycles. The van der Waals surface area contributed by atoms with Crippen molar-refractivity contribution < 1.29 is 4.74 Å². The van der Waals surface area contributed by atoms with Crippen LogP contribution in [0.3, 0.4) is 0 Å². The lowest BCUT2D eigenvalue weighted by molar-refractivity contribution is 0.413. The van der Waals surface area contributed by atoms with Crippen molar-refractivity contribution >= 4 is 27.5 Å². The Morgan fingerprint density at radius 3 is 2.85 bits per heavy atom. The molecule has 0 amide bonds. The molecule has 0 radical (unpaired) electrons. The Labute approximate surface area is 132 Å². The molecular weight excluding hydrogens is 340 g/mol. The van der Waals surface area contributed by atoms with E-state index in [0.29, 0.717) is 5.02 Å². The van der Waals surface area contributed by atoms with Crippen molar-refractivity contribution in [2.24, 2.45) is 0 Å². The standard InChI is InChI=1S/C15H16BrClN2O/c1-18-14(15-13(17)4-3-7-19-15)9-10-8-11(20-2)5-6-12(10)16/h3-8,14,18H,9H2,1-2H3. The number of likely N-dealkylation sites (N-methyl/N-ethyl adjacent to an activating group) is 1. The monoisotopic (exact) mass is 354 g/mol. The van der Waals surface area contributed by atoms with E-state index in [2.05, 4.69) is 26.2 Å². The Morgan fingerprint density at radius 2 is 2.20 bits per heavy atom. The number of rotatable bonds is 5. The van der Waals surface area contributed by atoms with Gasteiger partial charge in [0.25, 0.3) is 0 Å². The topological polar surface area (TPSA) is 34.1 Å². The molecule has 0 aliphatic carbocycles. The Kier molecular flexibility index (Phi) is 5.40. The van der Waals surface area contributed by atoms with Gasteiger partial charge in [-0.3, -0.25) is 4.98 Å². The first kappa shape index (κ1) is 15.3. The van der Waals surface area contributed by atoms with Gasteiger partial charge in [0.2, 0.25) is 0 Å². The van der Waals surface area contributed by atoms with Crippen LogP contribution in [0.15, 0.2) is 41.0 Å². The van der Waals surface area contributed by atoms with E-state index < -0.39 is 0 Å². The number of pyridine rings is 1. The number of halogens is 2. The summed E-state index contributed by atoms with van der Waals surface area (Å²) in [5, 5.41) is 3.94. The van der Waals surface area contributed by atoms with Crippen molar-refractivity contribution in [1.82, 2.24) is 10.3 Å². The second kappa shape index (κ2) is 7.07. The maximum Gasteiger partial charge on any atom is 0.119 e. The van der Waals surface area contributed by atoms with Crippen LogP contribution in [0.5, 0.6) is 5.75 Å². The molecule has 2 aromatic rings. The van der Waals surface area contributed by atoms with Crippen molar-refractivity contribution in [2.75, 3.05) is 14.2 Å². The number of nitrogens with one attached hydrogen (secondary N) is 1. The number of methoxy groups -OCH3 is 1. The Morgan fingerprint density at radius 1 is 1.40 bits per heavy atom. The number of benzene rings is 1. The smallest absolute Gasteiger partial charge is 0.119 e. The zero-order chi connectivity index (χ0) is 14.5. The van der Waals surface area contributed by atoms with Gasteiger partial charge in [0, 0.05) is 10.7 Å². The van der Waals surface area contributed by atoms with Crippen molar-refractivity contribution in [3.63, 3.8) is 0 Å². The lowest BCUT2D eigenvalue weighted by atomic mass is 10.0. The molecule has 5 heteroatoms. The van der Waals surface area contributed by atoms with E-state index in [1.807, 2.05) is 37.4 Å². The third-order valence-corrected chi connectivity index (χ3v) is 4.24. The molecule has 0 saturated carbocycles. The summed E-state index contributed by atoms with van der Waals surface area (Å²) in [7, 11) is 3.57. The van der Waals surface area contributed by atoms with Gasteiger partial charge in [0.15, 0.2) is 0 Å². The van der Waals surface area contributed by atoms with Gasteiger partial charge in [-0.25, -0.2) is 0 Å². The molecule has 1 unspecified atom stereocenters. The zero-order valence-electron chi connectivity index (χ0n) is 11.4. The lowest BCUT2D eigenvalue weighted by Crippen LogP contribution is -2.20. The third-order valence-electron chi connectivity index (χ3n) is 3.14. The van der Waals surface area contributed by atoms with Crippen LogP contribution < -0.4 is 10.1 Å². The van der Waals surface area contributed by atoms with Gasteiger partial charge in [-0.2, -0.15) is 0 Å². The molecule has 1 N–H and O–H groups in total. The van der Waals surface area contributed by atoms with Crippen molar-refractivity contribution in [3.05, 3.63) is 57.3 Å². The van der Waals surface area contributed by atoms with Crippen LogP contribution in [-0.2, 0) is 6.42 Å². The molecule has 1 aromatic heterocycles. The first-order valence-corrected chi connectivity index (χ1v) is 7.43. The average molecular weight is 356 g/mol. The summed E-state index contributed by atoms with van der Waals surface area (Å²) < 4.78 is 6.32. The fourth-order valence-electron chi connectivity index (χ4n) is 2.04. The van der Waals surface area contributed by atoms with Crippen LogP contribution in [0.2, 0.25) is 5.02 Å². The van der Waals surface area contributed by atoms with Crippen LogP contribution in [0.1, 0.15) is 17.3 Å². The normalized spacial score (nSPS) is 12.2. The summed E-state index contributed by atoms with van der Waals surface area (Å²) in [5.41, 5.74) is 2.00. The quantitative estimate of drug-likeness (QED) is 0.880. The number of nitrogens with zero attached hydrogens (tertiary/aromatic N) is 1. The molecule has 0 aliphatic heterocycles. The maximum absolute atomic E-state index is 6.22. The van der Waals surface area contributed by atoms with E-state index in [4.69, 9.17) is 16.3 Å². The minimum Gasteiger partial charge on any atom is -0.497 e. The molecule has 0 spiro atoms. The first-order valence-electron chi connectivity index (χ1n) is 6.25. The van der Waals surface area contributed by atoms with E-state index in [1.54, 1.807) is 13.3 Å². The molecule has 0 aliphatic rings. The predicted octanol–water partition coefficient (Wildman–Crippen LogP) is 4.01. The summed E-state index contributed by atoms with van der Waals surface area (Å²) in [6, 6.07) is 9.67. The summed E-state index contributed by atoms with van der Waals surface area (Å²) in [4.78, 5) is 4.38. The van der Waals surface area contributed by atoms with Crippen LogP contribution in [-0.4, -0.2) is 19.1 Å². The molecule has 2 rings (SSSR count). The highest BCUT2D eigenvalue weighted by atomic mass is 79.9. The summed E-state index contributed by atoms with van der Waals surface area (Å²) in [6.07, 6.45) is 2.52. The van der Waals surface area contributed by atoms with Crippen LogP contribution in [0.25, 0.3) is 0 Å². The van der Waals surface area contributed by atoms with E-state index in [9.17, 15) is 0 Å². The first-order chi connectivity index (χ1) is 9.65. The Bertz CT molecular complexity index is 592. The van der Waals surface area contributed by atoms with Crippen molar-refractivity contribution in [1.29, 1.82) is 0 Å². The van der Waals surface area contributed by atoms with Crippen LogP contribution in [0.4, 0.5) is 0 Å². The summed E-state index contributed by atoms with van der Waals surface area (Å²) in [6.45, 7) is 0. The maximum atomic E-state index is 6.22. The number of hydrogen-bond acceptors (Lipinski definition) is 3. The van der Waals surface area contributed by atoms with Crippen molar-refractivity contribution in [3.8, 4) is 5.75 Å². The van der Waals surface area contributed by atoms with E-state index in [-0.39, 0.29) is 6.04 Å².